The van der Waals surface area contributed by atoms with E-state index >= 15 is 0 Å². The van der Waals surface area contributed by atoms with E-state index in [9.17, 15) is 9.50 Å². The van der Waals surface area contributed by atoms with Crippen LogP contribution in [0, 0.1) is 5.82 Å². The molecule has 18 heavy (non-hydrogen) atoms. The predicted octanol–water partition coefficient (Wildman–Crippen LogP) is 2.11. The number of hydrogen-bond donors (Lipinski definition) is 2. The molecule has 1 aromatic rings. The molecule has 0 spiro atoms. The summed E-state index contributed by atoms with van der Waals surface area (Å²) in [5.74, 6) is -0.343. The summed E-state index contributed by atoms with van der Waals surface area (Å²) in [6, 6.07) is 4.43. The molecule has 3 nitrogen and oxygen atoms in total. The Bertz CT molecular complexity index is 388. The highest BCUT2D eigenvalue weighted by atomic mass is 35.5. The zero-order valence-electron chi connectivity index (χ0n) is 10.1. The van der Waals surface area contributed by atoms with Gasteiger partial charge in [-0.05, 0) is 23.8 Å². The summed E-state index contributed by atoms with van der Waals surface area (Å²) < 4.78 is 18.3. The minimum absolute atomic E-state index is 0.343. The number of nitrogens with one attached hydrogen (secondary N) is 1. The first-order chi connectivity index (χ1) is 8.57. The van der Waals surface area contributed by atoms with E-state index in [1.54, 1.807) is 6.07 Å². The van der Waals surface area contributed by atoms with Crippen molar-refractivity contribution in [2.75, 3.05) is 19.8 Å². The standard InChI is InChI=1S/C13H17ClFNO2/c14-11-5-10(6-12(15)7-11)8-16-9-13(17)1-3-18-4-2-13/h5-7,16-17H,1-4,8-9H2. The summed E-state index contributed by atoms with van der Waals surface area (Å²) in [5, 5.41) is 13.7. The number of aliphatic hydroxyl groups is 1. The maximum absolute atomic E-state index is 13.1. The molecule has 0 saturated carbocycles. The van der Waals surface area contributed by atoms with Gasteiger partial charge in [0, 0.05) is 44.2 Å². The molecule has 0 atom stereocenters. The number of halogens is 2. The summed E-state index contributed by atoms with van der Waals surface area (Å²) in [7, 11) is 0. The molecule has 0 bridgehead atoms. The van der Waals surface area contributed by atoms with Crippen molar-refractivity contribution >= 4 is 11.6 Å². The number of ether oxygens (including phenoxy) is 1. The minimum Gasteiger partial charge on any atom is -0.388 e. The monoisotopic (exact) mass is 273 g/mol. The van der Waals surface area contributed by atoms with Gasteiger partial charge in [-0.2, -0.15) is 0 Å². The van der Waals surface area contributed by atoms with Crippen molar-refractivity contribution in [2.24, 2.45) is 0 Å². The predicted molar refractivity (Wildman–Crippen MR) is 68.1 cm³/mol. The van der Waals surface area contributed by atoms with Crippen LogP contribution in [0.5, 0.6) is 0 Å². The molecule has 0 amide bonds. The second kappa shape index (κ2) is 5.97. The van der Waals surface area contributed by atoms with Gasteiger partial charge in [-0.3, -0.25) is 0 Å². The largest absolute Gasteiger partial charge is 0.388 e. The van der Waals surface area contributed by atoms with Crippen molar-refractivity contribution in [1.82, 2.24) is 5.32 Å². The van der Waals surface area contributed by atoms with Crippen molar-refractivity contribution in [3.8, 4) is 0 Å². The third kappa shape index (κ3) is 3.92. The lowest BCUT2D eigenvalue weighted by Crippen LogP contribution is -2.44. The minimum atomic E-state index is -0.713. The molecule has 5 heteroatoms. The van der Waals surface area contributed by atoms with Crippen molar-refractivity contribution < 1.29 is 14.2 Å². The van der Waals surface area contributed by atoms with Gasteiger partial charge in [-0.25, -0.2) is 4.39 Å². The quantitative estimate of drug-likeness (QED) is 0.883. The van der Waals surface area contributed by atoms with Crippen LogP contribution in [0.2, 0.25) is 5.02 Å². The fourth-order valence-electron chi connectivity index (χ4n) is 2.08. The van der Waals surface area contributed by atoms with Gasteiger partial charge in [0.25, 0.3) is 0 Å². The van der Waals surface area contributed by atoms with Gasteiger partial charge in [0.2, 0.25) is 0 Å². The highest BCUT2D eigenvalue weighted by Crippen LogP contribution is 2.19. The van der Waals surface area contributed by atoms with Crippen molar-refractivity contribution in [1.29, 1.82) is 0 Å². The van der Waals surface area contributed by atoms with Crippen LogP contribution in [0.3, 0.4) is 0 Å². The molecule has 1 saturated heterocycles. The molecule has 1 fully saturated rings. The van der Waals surface area contributed by atoms with Crippen LogP contribution in [-0.4, -0.2) is 30.5 Å². The van der Waals surface area contributed by atoms with E-state index < -0.39 is 5.60 Å². The van der Waals surface area contributed by atoms with E-state index in [2.05, 4.69) is 5.32 Å². The lowest BCUT2D eigenvalue weighted by molar-refractivity contribution is -0.0617. The van der Waals surface area contributed by atoms with Crippen LogP contribution < -0.4 is 5.32 Å². The fraction of sp³-hybridized carbons (Fsp3) is 0.538. The van der Waals surface area contributed by atoms with Gasteiger partial charge in [0.15, 0.2) is 0 Å². The Kier molecular flexibility index (Phi) is 4.56. The molecular formula is C13H17ClFNO2. The summed E-state index contributed by atoms with van der Waals surface area (Å²) in [4.78, 5) is 0. The number of hydrogen-bond acceptors (Lipinski definition) is 3. The first kappa shape index (κ1) is 13.7. The lowest BCUT2D eigenvalue weighted by atomic mass is 9.94. The highest BCUT2D eigenvalue weighted by molar-refractivity contribution is 6.30. The lowest BCUT2D eigenvalue weighted by Gasteiger charge is -2.32. The van der Waals surface area contributed by atoms with Crippen LogP contribution in [0.4, 0.5) is 4.39 Å². The van der Waals surface area contributed by atoms with Crippen LogP contribution >= 0.6 is 11.6 Å². The van der Waals surface area contributed by atoms with Gasteiger partial charge in [-0.15, -0.1) is 0 Å². The van der Waals surface area contributed by atoms with Crippen LogP contribution in [0.15, 0.2) is 18.2 Å². The van der Waals surface area contributed by atoms with Gasteiger partial charge >= 0.3 is 0 Å². The van der Waals surface area contributed by atoms with Crippen LogP contribution in [0.1, 0.15) is 18.4 Å². The Labute approximate surface area is 111 Å². The third-order valence-electron chi connectivity index (χ3n) is 3.13. The molecule has 0 radical (unpaired) electrons. The van der Waals surface area contributed by atoms with E-state index in [4.69, 9.17) is 16.3 Å². The molecule has 1 aliphatic rings. The normalized spacial score (nSPS) is 18.8. The van der Waals surface area contributed by atoms with Crippen molar-refractivity contribution in [2.45, 2.75) is 25.0 Å². The zero-order chi connectivity index (χ0) is 13.0. The molecular weight excluding hydrogens is 257 g/mol. The van der Waals surface area contributed by atoms with Gasteiger partial charge < -0.3 is 15.2 Å². The Hall–Kier alpha value is -0.680. The average molecular weight is 274 g/mol. The molecule has 0 aromatic heterocycles. The van der Waals surface area contributed by atoms with E-state index in [0.717, 1.165) is 5.56 Å². The maximum Gasteiger partial charge on any atom is 0.125 e. The summed E-state index contributed by atoms with van der Waals surface area (Å²) in [6.07, 6.45) is 1.26. The van der Waals surface area contributed by atoms with Crippen molar-refractivity contribution in [3.05, 3.63) is 34.6 Å². The summed E-state index contributed by atoms with van der Waals surface area (Å²) >= 11 is 5.77. The first-order valence-electron chi connectivity index (χ1n) is 6.03. The smallest absolute Gasteiger partial charge is 0.125 e. The molecule has 1 heterocycles. The van der Waals surface area contributed by atoms with E-state index in [0.29, 0.717) is 44.2 Å². The Morgan fingerprint density at radius 3 is 2.72 bits per heavy atom. The average Bonchev–Trinajstić information content (AvgIpc) is 2.28. The second-order valence-electron chi connectivity index (χ2n) is 4.72. The van der Waals surface area contributed by atoms with E-state index in [-0.39, 0.29) is 5.82 Å². The van der Waals surface area contributed by atoms with Gasteiger partial charge in [0.1, 0.15) is 5.82 Å². The van der Waals surface area contributed by atoms with E-state index in [1.165, 1.54) is 12.1 Å². The van der Waals surface area contributed by atoms with Gasteiger partial charge in [-0.1, -0.05) is 11.6 Å². The molecule has 2 rings (SSSR count). The molecule has 1 aliphatic heterocycles. The number of rotatable bonds is 4. The maximum atomic E-state index is 13.1. The SMILES string of the molecule is OC1(CNCc2cc(F)cc(Cl)c2)CCOCC1. The zero-order valence-corrected chi connectivity index (χ0v) is 10.8. The van der Waals surface area contributed by atoms with Crippen molar-refractivity contribution in [3.63, 3.8) is 0 Å². The van der Waals surface area contributed by atoms with Crippen LogP contribution in [0.25, 0.3) is 0 Å². The summed E-state index contributed by atoms with van der Waals surface area (Å²) in [6.45, 7) is 2.14. The summed E-state index contributed by atoms with van der Waals surface area (Å²) in [5.41, 5.74) is 0.0608. The Morgan fingerprint density at radius 1 is 1.33 bits per heavy atom. The molecule has 100 valence electrons. The molecule has 2 N–H and O–H groups in total. The molecule has 1 aromatic carbocycles. The topological polar surface area (TPSA) is 41.5 Å². The molecule has 0 aliphatic carbocycles. The van der Waals surface area contributed by atoms with E-state index in [1.807, 2.05) is 0 Å². The highest BCUT2D eigenvalue weighted by Gasteiger charge is 2.28. The fourth-order valence-corrected chi connectivity index (χ4v) is 2.33. The first-order valence-corrected chi connectivity index (χ1v) is 6.41. The Morgan fingerprint density at radius 2 is 2.06 bits per heavy atom. The third-order valence-corrected chi connectivity index (χ3v) is 3.35. The van der Waals surface area contributed by atoms with Gasteiger partial charge in [0.05, 0.1) is 5.60 Å². The molecule has 0 unspecified atom stereocenters. The van der Waals surface area contributed by atoms with Crippen LogP contribution in [-0.2, 0) is 11.3 Å². The second-order valence-corrected chi connectivity index (χ2v) is 5.15. The number of benzene rings is 1. The Balaban J connectivity index is 1.84.